The van der Waals surface area contributed by atoms with Crippen LogP contribution in [0.25, 0.3) is 0 Å². The summed E-state index contributed by atoms with van der Waals surface area (Å²) in [5.41, 5.74) is 1.37. The van der Waals surface area contributed by atoms with Gasteiger partial charge in [-0.3, -0.25) is 9.36 Å². The van der Waals surface area contributed by atoms with Gasteiger partial charge in [0.2, 0.25) is 0 Å². The Bertz CT molecular complexity index is 788. The zero-order valence-electron chi connectivity index (χ0n) is 13.7. The summed E-state index contributed by atoms with van der Waals surface area (Å²) in [7, 11) is 3.20. The molecule has 0 aliphatic heterocycles. The molecule has 0 amide bonds. The quantitative estimate of drug-likeness (QED) is 0.914. The average molecular weight is 313 g/mol. The first kappa shape index (κ1) is 15.7. The fraction of sp³-hybridized carbons (Fsp3) is 0.444. The van der Waals surface area contributed by atoms with Crippen LogP contribution in [0.4, 0.5) is 0 Å². The van der Waals surface area contributed by atoms with E-state index in [2.05, 4.69) is 17.4 Å². The molecule has 2 aromatic rings. The van der Waals surface area contributed by atoms with Crippen LogP contribution in [-0.2, 0) is 20.6 Å². The fourth-order valence-electron chi connectivity index (χ4n) is 3.21. The van der Waals surface area contributed by atoms with E-state index in [1.54, 1.807) is 13.2 Å². The summed E-state index contributed by atoms with van der Waals surface area (Å²) in [6.45, 7) is 0.469. The van der Waals surface area contributed by atoms with Gasteiger partial charge in [0, 0.05) is 38.4 Å². The van der Waals surface area contributed by atoms with Gasteiger partial charge in [-0.05, 0) is 24.3 Å². The second-order valence-corrected chi connectivity index (χ2v) is 6.37. The molecule has 5 nitrogen and oxygen atoms in total. The molecule has 1 aliphatic carbocycles. The molecule has 1 aromatic heterocycles. The third kappa shape index (κ3) is 3.15. The van der Waals surface area contributed by atoms with E-state index in [4.69, 9.17) is 0 Å². The van der Waals surface area contributed by atoms with E-state index in [9.17, 15) is 9.59 Å². The summed E-state index contributed by atoms with van der Waals surface area (Å²) in [5, 5.41) is 3.54. The largest absolute Gasteiger partial charge is 0.330 e. The molecule has 5 heteroatoms. The summed E-state index contributed by atoms with van der Waals surface area (Å²) < 4.78 is 2.62. The van der Waals surface area contributed by atoms with Gasteiger partial charge in [-0.15, -0.1) is 0 Å². The van der Waals surface area contributed by atoms with Crippen LogP contribution in [0.2, 0.25) is 0 Å². The van der Waals surface area contributed by atoms with Crippen molar-refractivity contribution in [2.45, 2.75) is 31.8 Å². The second-order valence-electron chi connectivity index (χ2n) is 6.37. The van der Waals surface area contributed by atoms with Crippen LogP contribution in [0.5, 0.6) is 0 Å². The van der Waals surface area contributed by atoms with Gasteiger partial charge >= 0.3 is 5.69 Å². The van der Waals surface area contributed by atoms with E-state index in [0.717, 1.165) is 4.57 Å². The summed E-state index contributed by atoms with van der Waals surface area (Å²) in [5.74, 6) is 0.619. The predicted molar refractivity (Wildman–Crippen MR) is 90.3 cm³/mol. The molecule has 1 atom stereocenters. The lowest BCUT2D eigenvalue weighted by molar-refractivity contribution is 0.229. The highest BCUT2D eigenvalue weighted by atomic mass is 16.2. The van der Waals surface area contributed by atoms with Crippen molar-refractivity contribution in [1.29, 1.82) is 0 Å². The Morgan fingerprint density at radius 2 is 1.87 bits per heavy atom. The second kappa shape index (κ2) is 6.54. The molecule has 0 radical (unpaired) electrons. The number of nitrogens with zero attached hydrogens (tertiary/aromatic N) is 2. The Hall–Kier alpha value is -2.14. The highest BCUT2D eigenvalue weighted by Gasteiger charge is 2.28. The van der Waals surface area contributed by atoms with Crippen molar-refractivity contribution >= 4 is 0 Å². The molecule has 1 aliphatic rings. The molecular weight excluding hydrogens is 290 g/mol. The topological polar surface area (TPSA) is 56.0 Å². The SMILES string of the molecule is Cn1cc(CN[C@@H](c2ccccc2)C2CCC2)c(=O)n(C)c1=O. The van der Waals surface area contributed by atoms with Crippen LogP contribution in [0.1, 0.15) is 36.4 Å². The van der Waals surface area contributed by atoms with Gasteiger partial charge in [-0.1, -0.05) is 36.8 Å². The molecule has 0 saturated heterocycles. The van der Waals surface area contributed by atoms with Crippen molar-refractivity contribution in [2.75, 3.05) is 0 Å². The van der Waals surface area contributed by atoms with E-state index in [1.807, 2.05) is 18.2 Å². The molecule has 1 fully saturated rings. The van der Waals surface area contributed by atoms with E-state index in [1.165, 1.54) is 36.4 Å². The van der Waals surface area contributed by atoms with Crippen LogP contribution in [0, 0.1) is 5.92 Å². The Kier molecular flexibility index (Phi) is 4.48. The van der Waals surface area contributed by atoms with Gasteiger partial charge in [-0.2, -0.15) is 0 Å². The van der Waals surface area contributed by atoms with Gasteiger partial charge in [-0.25, -0.2) is 4.79 Å². The van der Waals surface area contributed by atoms with Gasteiger partial charge in [0.25, 0.3) is 5.56 Å². The summed E-state index contributed by atoms with van der Waals surface area (Å²) >= 11 is 0. The Balaban J connectivity index is 1.83. The molecule has 122 valence electrons. The molecular formula is C18H23N3O2. The lowest BCUT2D eigenvalue weighted by Crippen LogP contribution is -2.40. The number of aryl methyl sites for hydroxylation is 1. The minimum absolute atomic E-state index is 0.221. The zero-order valence-corrected chi connectivity index (χ0v) is 13.7. The lowest BCUT2D eigenvalue weighted by atomic mass is 9.77. The van der Waals surface area contributed by atoms with Crippen molar-refractivity contribution in [3.8, 4) is 0 Å². The average Bonchev–Trinajstić information content (AvgIpc) is 2.52. The highest BCUT2D eigenvalue weighted by molar-refractivity contribution is 5.21. The minimum Gasteiger partial charge on any atom is -0.305 e. The summed E-state index contributed by atoms with van der Waals surface area (Å²) in [6.07, 6.45) is 5.35. The maximum absolute atomic E-state index is 12.3. The summed E-state index contributed by atoms with van der Waals surface area (Å²) in [6, 6.07) is 10.6. The monoisotopic (exact) mass is 313 g/mol. The molecule has 0 bridgehead atoms. The maximum atomic E-state index is 12.3. The van der Waals surface area contributed by atoms with Gasteiger partial charge in [0.15, 0.2) is 0 Å². The number of rotatable bonds is 5. The molecule has 1 heterocycles. The lowest BCUT2D eigenvalue weighted by Gasteiger charge is -2.35. The normalized spacial score (nSPS) is 16.1. The smallest absolute Gasteiger partial charge is 0.305 e. The molecule has 1 aromatic carbocycles. The number of nitrogens with one attached hydrogen (secondary N) is 1. The minimum atomic E-state index is -0.294. The van der Waals surface area contributed by atoms with Crippen molar-refractivity contribution < 1.29 is 0 Å². The first-order chi connectivity index (χ1) is 11.1. The van der Waals surface area contributed by atoms with E-state index in [0.29, 0.717) is 18.0 Å². The van der Waals surface area contributed by atoms with Crippen LogP contribution in [-0.4, -0.2) is 9.13 Å². The van der Waals surface area contributed by atoms with Crippen molar-refractivity contribution in [2.24, 2.45) is 20.0 Å². The first-order valence-electron chi connectivity index (χ1n) is 8.12. The van der Waals surface area contributed by atoms with Crippen molar-refractivity contribution in [3.63, 3.8) is 0 Å². The van der Waals surface area contributed by atoms with Crippen LogP contribution >= 0.6 is 0 Å². The molecule has 1 N–H and O–H groups in total. The van der Waals surface area contributed by atoms with Crippen molar-refractivity contribution in [1.82, 2.24) is 14.5 Å². The number of hydrogen-bond acceptors (Lipinski definition) is 3. The van der Waals surface area contributed by atoms with Crippen LogP contribution < -0.4 is 16.6 Å². The third-order valence-corrected chi connectivity index (χ3v) is 4.81. The third-order valence-electron chi connectivity index (χ3n) is 4.81. The van der Waals surface area contributed by atoms with Crippen LogP contribution in [0.15, 0.2) is 46.1 Å². The molecule has 3 rings (SSSR count). The van der Waals surface area contributed by atoms with Gasteiger partial charge in [0.1, 0.15) is 0 Å². The Morgan fingerprint density at radius 3 is 2.48 bits per heavy atom. The Labute approximate surface area is 135 Å². The number of hydrogen-bond donors (Lipinski definition) is 1. The summed E-state index contributed by atoms with van der Waals surface area (Å²) in [4.78, 5) is 24.0. The molecule has 1 saturated carbocycles. The maximum Gasteiger partial charge on any atom is 0.330 e. The van der Waals surface area contributed by atoms with E-state index in [-0.39, 0.29) is 17.3 Å². The van der Waals surface area contributed by atoms with Gasteiger partial charge < -0.3 is 9.88 Å². The number of benzene rings is 1. The predicted octanol–water partition coefficient (Wildman–Crippen LogP) is 1.72. The van der Waals surface area contributed by atoms with Crippen molar-refractivity contribution in [3.05, 3.63) is 68.5 Å². The first-order valence-corrected chi connectivity index (χ1v) is 8.12. The number of aromatic nitrogens is 2. The molecule has 0 spiro atoms. The zero-order chi connectivity index (χ0) is 16.4. The fourth-order valence-corrected chi connectivity index (χ4v) is 3.21. The molecule has 0 unspecified atom stereocenters. The molecule has 23 heavy (non-hydrogen) atoms. The van der Waals surface area contributed by atoms with E-state index >= 15 is 0 Å². The van der Waals surface area contributed by atoms with Crippen LogP contribution in [0.3, 0.4) is 0 Å². The highest BCUT2D eigenvalue weighted by Crippen LogP contribution is 2.37. The van der Waals surface area contributed by atoms with Gasteiger partial charge in [0.05, 0.1) is 0 Å². The Morgan fingerprint density at radius 1 is 1.17 bits per heavy atom. The van der Waals surface area contributed by atoms with E-state index < -0.39 is 0 Å². The standard InChI is InChI=1S/C18H23N3O2/c1-20-12-15(17(22)21(2)18(20)23)11-19-16(14-9-6-10-14)13-7-4-3-5-8-13/h3-5,7-8,12,14,16,19H,6,9-11H2,1-2H3/t16-/m0/s1.